The van der Waals surface area contributed by atoms with Crippen LogP contribution in [0.5, 0.6) is 0 Å². The maximum Gasteiger partial charge on any atom is 0.305 e. The molecule has 1 saturated carbocycles. The number of ketones is 1. The molecular weight excluding hydrogens is 576 g/mol. The first kappa shape index (κ1) is 41.2. The largest absolute Gasteiger partial charge is 0.463 e. The van der Waals surface area contributed by atoms with E-state index in [1.807, 2.05) is 0 Å². The van der Waals surface area contributed by atoms with Gasteiger partial charge in [-0.05, 0) is 25.7 Å². The molecule has 1 fully saturated rings. The summed E-state index contributed by atoms with van der Waals surface area (Å²) in [4.78, 5) is 36.6. The van der Waals surface area contributed by atoms with E-state index in [0.717, 1.165) is 38.5 Å². The van der Waals surface area contributed by atoms with Crippen molar-refractivity contribution < 1.29 is 44.3 Å². The molecule has 0 unspecified atom stereocenters. The number of esters is 2. The summed E-state index contributed by atoms with van der Waals surface area (Å²) >= 11 is 0. The SMILES string of the molecule is CCCCCCCCCCCCC(=O)OC[C@H](O)COC(=O)CCCCC(=O)C[C@@H]1[C@@H](/C=C/[C@@H](O)CCCCC)[C@H](O)C[C@@H]1O. The number of aliphatic hydroxyl groups is 4. The smallest absolute Gasteiger partial charge is 0.305 e. The molecule has 45 heavy (non-hydrogen) atoms. The van der Waals surface area contributed by atoms with Crippen molar-refractivity contribution in [1.29, 1.82) is 0 Å². The molecule has 262 valence electrons. The van der Waals surface area contributed by atoms with Gasteiger partial charge in [0, 0.05) is 43.9 Å². The van der Waals surface area contributed by atoms with E-state index in [1.54, 1.807) is 12.2 Å². The second-order valence-corrected chi connectivity index (χ2v) is 13.0. The molecule has 0 aromatic rings. The lowest BCUT2D eigenvalue weighted by Crippen LogP contribution is -2.25. The summed E-state index contributed by atoms with van der Waals surface area (Å²) in [5, 5.41) is 41.0. The number of ether oxygens (including phenoxy) is 2. The zero-order valence-corrected chi connectivity index (χ0v) is 28.2. The van der Waals surface area contributed by atoms with Gasteiger partial charge in [-0.2, -0.15) is 0 Å². The fraction of sp³-hybridized carbons (Fsp3) is 0.861. The molecule has 1 aliphatic rings. The molecule has 0 saturated heterocycles. The van der Waals surface area contributed by atoms with Crippen LogP contribution >= 0.6 is 0 Å². The van der Waals surface area contributed by atoms with Crippen LogP contribution in [0.2, 0.25) is 0 Å². The fourth-order valence-corrected chi connectivity index (χ4v) is 5.90. The molecule has 9 nitrogen and oxygen atoms in total. The minimum atomic E-state index is -1.08. The number of unbranched alkanes of at least 4 members (excludes halogenated alkanes) is 12. The number of hydrogen-bond acceptors (Lipinski definition) is 9. The first-order valence-electron chi connectivity index (χ1n) is 17.9. The standard InChI is InChI=1S/C36H64O9/c1-3-5-7-8-9-10-11-12-13-15-20-35(42)44-26-30(39)27-45-36(43)21-17-16-19-29(38)24-32-31(33(40)25-34(32)41)23-22-28(37)18-14-6-4-2/h22-23,28,30-34,37,39-41H,3-21,24-27H2,1-2H3/b23-22+/t28-,30-,31+,32+,33+,34-/m0/s1. The monoisotopic (exact) mass is 640 g/mol. The Kier molecular flexibility index (Phi) is 24.1. The lowest BCUT2D eigenvalue weighted by Gasteiger charge is -2.20. The van der Waals surface area contributed by atoms with Crippen LogP contribution in [0.25, 0.3) is 0 Å². The molecule has 6 atom stereocenters. The highest BCUT2D eigenvalue weighted by molar-refractivity contribution is 5.79. The number of carbonyl (C=O) groups is 3. The number of Topliss-reactive ketones (excluding diaryl/α,β-unsaturated/α-hetero) is 1. The average molecular weight is 641 g/mol. The predicted molar refractivity (Wildman–Crippen MR) is 175 cm³/mol. The Labute approximate surface area is 272 Å². The number of hydrogen-bond donors (Lipinski definition) is 4. The van der Waals surface area contributed by atoms with E-state index in [2.05, 4.69) is 13.8 Å². The van der Waals surface area contributed by atoms with Crippen molar-refractivity contribution in [3.8, 4) is 0 Å². The molecule has 0 aromatic carbocycles. The molecule has 0 amide bonds. The zero-order valence-electron chi connectivity index (χ0n) is 28.2. The molecule has 0 radical (unpaired) electrons. The third kappa shape index (κ3) is 20.8. The van der Waals surface area contributed by atoms with Crippen LogP contribution < -0.4 is 0 Å². The van der Waals surface area contributed by atoms with Crippen molar-refractivity contribution in [3.05, 3.63) is 12.2 Å². The Morgan fingerprint density at radius 3 is 1.76 bits per heavy atom. The third-order valence-electron chi connectivity index (χ3n) is 8.73. The first-order chi connectivity index (χ1) is 21.7. The van der Waals surface area contributed by atoms with E-state index in [0.29, 0.717) is 25.7 Å². The van der Waals surface area contributed by atoms with Crippen LogP contribution in [-0.2, 0) is 23.9 Å². The summed E-state index contributed by atoms with van der Waals surface area (Å²) in [6.45, 7) is 3.85. The summed E-state index contributed by atoms with van der Waals surface area (Å²) in [7, 11) is 0. The van der Waals surface area contributed by atoms with E-state index in [9.17, 15) is 34.8 Å². The summed E-state index contributed by atoms with van der Waals surface area (Å²) in [5.41, 5.74) is 0. The minimum absolute atomic E-state index is 0.0431. The van der Waals surface area contributed by atoms with E-state index in [-0.39, 0.29) is 56.6 Å². The van der Waals surface area contributed by atoms with Gasteiger partial charge < -0.3 is 29.9 Å². The van der Waals surface area contributed by atoms with Gasteiger partial charge >= 0.3 is 11.9 Å². The Hall–Kier alpha value is -1.81. The number of rotatable bonds is 28. The van der Waals surface area contributed by atoms with Crippen molar-refractivity contribution in [3.63, 3.8) is 0 Å². The van der Waals surface area contributed by atoms with Crippen molar-refractivity contribution >= 4 is 17.7 Å². The second kappa shape index (κ2) is 26.3. The van der Waals surface area contributed by atoms with Crippen LogP contribution in [0.4, 0.5) is 0 Å². The van der Waals surface area contributed by atoms with Gasteiger partial charge in [-0.25, -0.2) is 0 Å². The molecular formula is C36H64O9. The van der Waals surface area contributed by atoms with Gasteiger partial charge in [0.05, 0.1) is 18.3 Å². The van der Waals surface area contributed by atoms with Crippen molar-refractivity contribution in [1.82, 2.24) is 0 Å². The normalized spacial score (nSPS) is 21.2. The highest BCUT2D eigenvalue weighted by Crippen LogP contribution is 2.36. The van der Waals surface area contributed by atoms with Gasteiger partial charge in [0.1, 0.15) is 25.1 Å². The lowest BCUT2D eigenvalue weighted by molar-refractivity contribution is -0.152. The molecule has 0 heterocycles. The number of aliphatic hydroxyl groups excluding tert-OH is 4. The van der Waals surface area contributed by atoms with Crippen LogP contribution in [0.15, 0.2) is 12.2 Å². The van der Waals surface area contributed by atoms with Gasteiger partial charge in [0.2, 0.25) is 0 Å². The van der Waals surface area contributed by atoms with Crippen LogP contribution in [0, 0.1) is 11.8 Å². The van der Waals surface area contributed by atoms with Gasteiger partial charge in [-0.3, -0.25) is 14.4 Å². The lowest BCUT2D eigenvalue weighted by atomic mass is 9.87. The topological polar surface area (TPSA) is 151 Å². The maximum absolute atomic E-state index is 12.6. The van der Waals surface area contributed by atoms with Crippen molar-refractivity contribution in [2.24, 2.45) is 11.8 Å². The van der Waals surface area contributed by atoms with E-state index in [4.69, 9.17) is 9.47 Å². The molecule has 0 aromatic heterocycles. The van der Waals surface area contributed by atoms with E-state index >= 15 is 0 Å². The average Bonchev–Trinajstić information content (AvgIpc) is 3.27. The Morgan fingerprint density at radius 1 is 0.689 bits per heavy atom. The van der Waals surface area contributed by atoms with Crippen LogP contribution in [-0.4, -0.2) is 75.8 Å². The highest BCUT2D eigenvalue weighted by atomic mass is 16.6. The molecule has 9 heteroatoms. The first-order valence-corrected chi connectivity index (χ1v) is 17.9. The van der Waals surface area contributed by atoms with Gasteiger partial charge in [0.15, 0.2) is 0 Å². The number of carbonyl (C=O) groups excluding carboxylic acids is 3. The maximum atomic E-state index is 12.6. The van der Waals surface area contributed by atoms with Crippen LogP contribution in [0.3, 0.4) is 0 Å². The van der Waals surface area contributed by atoms with E-state index < -0.39 is 36.3 Å². The Balaban J connectivity index is 2.14. The van der Waals surface area contributed by atoms with Gasteiger partial charge in [-0.15, -0.1) is 0 Å². The molecule has 1 rings (SSSR count). The van der Waals surface area contributed by atoms with Crippen LogP contribution in [0.1, 0.15) is 149 Å². The van der Waals surface area contributed by atoms with Gasteiger partial charge in [0.25, 0.3) is 0 Å². The quantitative estimate of drug-likeness (QED) is 0.0450. The molecule has 0 spiro atoms. The fourth-order valence-electron chi connectivity index (χ4n) is 5.90. The molecule has 0 bridgehead atoms. The zero-order chi connectivity index (χ0) is 33.3. The Morgan fingerprint density at radius 2 is 1.18 bits per heavy atom. The molecule has 1 aliphatic carbocycles. The summed E-state index contributed by atoms with van der Waals surface area (Å²) in [6, 6.07) is 0. The predicted octanol–water partition coefficient (Wildman–Crippen LogP) is 6.12. The molecule has 4 N–H and O–H groups in total. The summed E-state index contributed by atoms with van der Waals surface area (Å²) in [5.74, 6) is -1.67. The van der Waals surface area contributed by atoms with Gasteiger partial charge in [-0.1, -0.05) is 103 Å². The third-order valence-corrected chi connectivity index (χ3v) is 8.73. The second-order valence-electron chi connectivity index (χ2n) is 13.0. The summed E-state index contributed by atoms with van der Waals surface area (Å²) in [6.07, 6.45) is 17.6. The van der Waals surface area contributed by atoms with Crippen molar-refractivity contribution in [2.75, 3.05) is 13.2 Å². The minimum Gasteiger partial charge on any atom is -0.463 e. The van der Waals surface area contributed by atoms with Crippen molar-refractivity contribution in [2.45, 2.75) is 173 Å². The summed E-state index contributed by atoms with van der Waals surface area (Å²) < 4.78 is 10.2. The Bertz CT molecular complexity index is 814. The highest BCUT2D eigenvalue weighted by Gasteiger charge is 2.41. The van der Waals surface area contributed by atoms with E-state index in [1.165, 1.54) is 44.9 Å². The molecule has 0 aliphatic heterocycles.